The fourth-order valence-corrected chi connectivity index (χ4v) is 2.68. The Bertz CT molecular complexity index is 655. The molecule has 1 atom stereocenters. The molecule has 0 aromatic heterocycles. The molecule has 2 aromatic carbocycles. The fraction of sp³-hybridized carbons (Fsp3) is 0.294. The highest BCUT2D eigenvalue weighted by Crippen LogP contribution is 2.35. The Labute approximate surface area is 135 Å². The highest BCUT2D eigenvalue weighted by Gasteiger charge is 2.16. The van der Waals surface area contributed by atoms with Crippen molar-refractivity contribution < 1.29 is 4.74 Å². The number of hydrogen-bond donors (Lipinski definition) is 1. The van der Waals surface area contributed by atoms with Crippen molar-refractivity contribution in [1.82, 2.24) is 0 Å². The molecule has 2 N–H and O–H groups in total. The summed E-state index contributed by atoms with van der Waals surface area (Å²) in [5, 5.41) is 1.09. The molecule has 0 saturated carbocycles. The van der Waals surface area contributed by atoms with Crippen LogP contribution in [0.4, 0.5) is 0 Å². The van der Waals surface area contributed by atoms with Crippen LogP contribution >= 0.6 is 23.2 Å². The van der Waals surface area contributed by atoms with E-state index >= 15 is 0 Å². The molecule has 4 heteroatoms. The maximum absolute atomic E-state index is 6.35. The van der Waals surface area contributed by atoms with Gasteiger partial charge in [-0.3, -0.25) is 0 Å². The van der Waals surface area contributed by atoms with E-state index < -0.39 is 0 Å². The van der Waals surface area contributed by atoms with Crippen molar-refractivity contribution in [3.8, 4) is 5.75 Å². The first-order valence-electron chi connectivity index (χ1n) is 6.88. The van der Waals surface area contributed by atoms with Gasteiger partial charge in [0.1, 0.15) is 5.75 Å². The van der Waals surface area contributed by atoms with Crippen LogP contribution in [0.3, 0.4) is 0 Å². The van der Waals surface area contributed by atoms with Crippen molar-refractivity contribution in [3.63, 3.8) is 0 Å². The van der Waals surface area contributed by atoms with E-state index in [1.807, 2.05) is 13.0 Å². The van der Waals surface area contributed by atoms with Crippen LogP contribution in [0, 0.1) is 13.8 Å². The van der Waals surface area contributed by atoms with Gasteiger partial charge in [0.25, 0.3) is 0 Å². The molecule has 0 aliphatic rings. The van der Waals surface area contributed by atoms with Crippen LogP contribution in [-0.4, -0.2) is 6.61 Å². The van der Waals surface area contributed by atoms with Gasteiger partial charge in [-0.1, -0.05) is 41.4 Å². The van der Waals surface area contributed by atoms with Crippen LogP contribution in [0.5, 0.6) is 5.75 Å². The minimum Gasteiger partial charge on any atom is -0.492 e. The molecule has 0 fully saturated rings. The molecule has 21 heavy (non-hydrogen) atoms. The smallest absolute Gasteiger partial charge is 0.139 e. The zero-order valence-corrected chi connectivity index (χ0v) is 13.9. The first kappa shape index (κ1) is 16.2. The van der Waals surface area contributed by atoms with Gasteiger partial charge >= 0.3 is 0 Å². The van der Waals surface area contributed by atoms with Crippen molar-refractivity contribution in [3.05, 3.63) is 62.6 Å². The SMILES string of the molecule is CCOc1cc(Cl)c(C(N)c2ccc(C)c(C)c2)cc1Cl. The third-order valence-corrected chi connectivity index (χ3v) is 4.20. The van der Waals surface area contributed by atoms with E-state index in [9.17, 15) is 0 Å². The van der Waals surface area contributed by atoms with Gasteiger partial charge in [0.15, 0.2) is 0 Å². The average molecular weight is 324 g/mol. The molecule has 0 radical (unpaired) electrons. The van der Waals surface area contributed by atoms with E-state index in [0.29, 0.717) is 22.4 Å². The van der Waals surface area contributed by atoms with E-state index in [0.717, 1.165) is 11.1 Å². The fourth-order valence-electron chi connectivity index (χ4n) is 2.19. The van der Waals surface area contributed by atoms with Crippen LogP contribution in [0.25, 0.3) is 0 Å². The van der Waals surface area contributed by atoms with Gasteiger partial charge in [-0.2, -0.15) is 0 Å². The van der Waals surface area contributed by atoms with Gasteiger partial charge in [0.05, 0.1) is 17.7 Å². The molecule has 0 bridgehead atoms. The van der Waals surface area contributed by atoms with Gasteiger partial charge in [0, 0.05) is 11.1 Å². The minimum atomic E-state index is -0.315. The summed E-state index contributed by atoms with van der Waals surface area (Å²) in [7, 11) is 0. The predicted octanol–water partition coefficient (Wildman–Crippen LogP) is 5.06. The van der Waals surface area contributed by atoms with Crippen molar-refractivity contribution in [2.45, 2.75) is 26.8 Å². The highest BCUT2D eigenvalue weighted by atomic mass is 35.5. The second kappa shape index (κ2) is 6.69. The lowest BCUT2D eigenvalue weighted by Crippen LogP contribution is -2.13. The zero-order chi connectivity index (χ0) is 15.6. The maximum Gasteiger partial charge on any atom is 0.139 e. The topological polar surface area (TPSA) is 35.2 Å². The first-order valence-corrected chi connectivity index (χ1v) is 7.64. The Kier molecular flexibility index (Phi) is 5.15. The molecule has 0 heterocycles. The van der Waals surface area contributed by atoms with E-state index in [-0.39, 0.29) is 6.04 Å². The molecule has 0 aliphatic carbocycles. The van der Waals surface area contributed by atoms with Crippen LogP contribution < -0.4 is 10.5 Å². The van der Waals surface area contributed by atoms with Crippen LogP contribution in [0.15, 0.2) is 30.3 Å². The van der Waals surface area contributed by atoms with Gasteiger partial charge in [-0.05, 0) is 49.1 Å². The molecule has 0 amide bonds. The lowest BCUT2D eigenvalue weighted by molar-refractivity contribution is 0.340. The summed E-state index contributed by atoms with van der Waals surface area (Å²) in [6.45, 7) is 6.58. The Morgan fingerprint density at radius 3 is 2.38 bits per heavy atom. The molecule has 112 valence electrons. The minimum absolute atomic E-state index is 0.315. The Morgan fingerprint density at radius 1 is 1.05 bits per heavy atom. The van der Waals surface area contributed by atoms with E-state index in [2.05, 4.69) is 26.0 Å². The van der Waals surface area contributed by atoms with Crippen LogP contribution in [0.2, 0.25) is 10.0 Å². The maximum atomic E-state index is 6.35. The second-order valence-electron chi connectivity index (χ2n) is 5.06. The molecule has 0 aliphatic heterocycles. The normalized spacial score (nSPS) is 12.3. The highest BCUT2D eigenvalue weighted by molar-refractivity contribution is 6.34. The average Bonchev–Trinajstić information content (AvgIpc) is 2.45. The summed E-state index contributed by atoms with van der Waals surface area (Å²) in [6, 6.07) is 9.37. The van der Waals surface area contributed by atoms with Crippen molar-refractivity contribution in [2.24, 2.45) is 5.73 Å². The first-order chi connectivity index (χ1) is 9.93. The number of aryl methyl sites for hydroxylation is 2. The molecule has 0 saturated heterocycles. The molecule has 2 nitrogen and oxygen atoms in total. The quantitative estimate of drug-likeness (QED) is 0.853. The second-order valence-corrected chi connectivity index (χ2v) is 5.87. The summed E-state index contributed by atoms with van der Waals surface area (Å²) < 4.78 is 5.44. The number of rotatable bonds is 4. The van der Waals surface area contributed by atoms with Gasteiger partial charge in [-0.25, -0.2) is 0 Å². The number of halogens is 2. The summed E-state index contributed by atoms with van der Waals surface area (Å²) >= 11 is 12.6. The number of hydrogen-bond acceptors (Lipinski definition) is 2. The lowest BCUT2D eigenvalue weighted by atomic mass is 9.96. The van der Waals surface area contributed by atoms with Crippen LogP contribution in [0.1, 0.15) is 35.2 Å². The summed E-state index contributed by atoms with van der Waals surface area (Å²) in [5.74, 6) is 0.584. The van der Waals surface area contributed by atoms with Crippen molar-refractivity contribution >= 4 is 23.2 Å². The third-order valence-electron chi connectivity index (χ3n) is 3.58. The van der Waals surface area contributed by atoms with E-state index in [1.54, 1.807) is 12.1 Å². The summed E-state index contributed by atoms with van der Waals surface area (Å²) in [4.78, 5) is 0. The Morgan fingerprint density at radius 2 is 1.76 bits per heavy atom. The third kappa shape index (κ3) is 3.52. The van der Waals surface area contributed by atoms with Crippen molar-refractivity contribution in [2.75, 3.05) is 6.61 Å². The molecule has 1 unspecified atom stereocenters. The zero-order valence-electron chi connectivity index (χ0n) is 12.4. The lowest BCUT2D eigenvalue weighted by Gasteiger charge is -2.17. The summed E-state index contributed by atoms with van der Waals surface area (Å²) in [5.41, 5.74) is 10.6. The standard InChI is InChI=1S/C17H19Cl2NO/c1-4-21-16-9-14(18)13(8-15(16)19)17(20)12-6-5-10(2)11(3)7-12/h5-9,17H,4,20H2,1-3H3. The number of benzene rings is 2. The Hall–Kier alpha value is -1.22. The monoisotopic (exact) mass is 323 g/mol. The molecular formula is C17H19Cl2NO. The number of ether oxygens (including phenoxy) is 1. The van der Waals surface area contributed by atoms with Crippen molar-refractivity contribution in [1.29, 1.82) is 0 Å². The molecule has 2 rings (SSSR count). The van der Waals surface area contributed by atoms with E-state index in [1.165, 1.54) is 11.1 Å². The Balaban J connectivity index is 2.40. The molecule has 2 aromatic rings. The molecule has 0 spiro atoms. The van der Waals surface area contributed by atoms with Gasteiger partial charge in [0.2, 0.25) is 0 Å². The largest absolute Gasteiger partial charge is 0.492 e. The van der Waals surface area contributed by atoms with Gasteiger partial charge in [-0.15, -0.1) is 0 Å². The molecular weight excluding hydrogens is 305 g/mol. The predicted molar refractivity (Wildman–Crippen MR) is 89.6 cm³/mol. The van der Waals surface area contributed by atoms with Gasteiger partial charge < -0.3 is 10.5 Å². The van der Waals surface area contributed by atoms with E-state index in [4.69, 9.17) is 33.7 Å². The van der Waals surface area contributed by atoms with Crippen LogP contribution in [-0.2, 0) is 0 Å². The number of nitrogens with two attached hydrogens (primary N) is 1. The summed E-state index contributed by atoms with van der Waals surface area (Å²) in [6.07, 6.45) is 0.